The normalized spacial score (nSPS) is 14.2. The Morgan fingerprint density at radius 3 is 2.29 bits per heavy atom. The molecule has 5 rings (SSSR count). The summed E-state index contributed by atoms with van der Waals surface area (Å²) in [7, 11) is 0. The minimum atomic E-state index is -0.339. The number of aromatic hydroxyl groups is 1. The van der Waals surface area contributed by atoms with Gasteiger partial charge in [-0.3, -0.25) is 9.79 Å². The predicted octanol–water partition coefficient (Wildman–Crippen LogP) is 5.59. The highest BCUT2D eigenvalue weighted by Crippen LogP contribution is 2.33. The number of halogens is 2. The van der Waals surface area contributed by atoms with E-state index in [9.17, 15) is 9.90 Å². The molecule has 4 aromatic rings. The molecule has 0 atom stereocenters. The average molecular weight is 494 g/mol. The summed E-state index contributed by atoms with van der Waals surface area (Å²) in [4.78, 5) is 20.3. The molecule has 3 aromatic carbocycles. The van der Waals surface area contributed by atoms with Gasteiger partial charge in [0.25, 0.3) is 5.56 Å². The lowest BCUT2D eigenvalue weighted by molar-refractivity contribution is 0.122. The molecule has 1 aliphatic heterocycles. The van der Waals surface area contributed by atoms with Crippen molar-refractivity contribution in [2.45, 2.75) is 0 Å². The summed E-state index contributed by atoms with van der Waals surface area (Å²) in [6.07, 6.45) is 1.57. The maximum Gasteiger partial charge on any atom is 0.265 e. The minimum Gasteiger partial charge on any atom is -0.494 e. The Bertz CT molecular complexity index is 1440. The molecular weight excluding hydrogens is 473 g/mol. The second kappa shape index (κ2) is 9.50. The molecule has 0 amide bonds. The fraction of sp³-hybridized carbons (Fsp3) is 0.154. The number of rotatable bonds is 4. The Morgan fingerprint density at radius 1 is 0.882 bits per heavy atom. The molecule has 2 heterocycles. The number of hydrogen-bond donors (Lipinski definition) is 1. The van der Waals surface area contributed by atoms with Gasteiger partial charge in [-0.1, -0.05) is 41.4 Å². The van der Waals surface area contributed by atoms with Crippen LogP contribution in [-0.2, 0) is 4.74 Å². The van der Waals surface area contributed by atoms with Crippen molar-refractivity contribution in [1.29, 1.82) is 0 Å². The first-order valence-electron chi connectivity index (χ1n) is 10.8. The molecule has 0 aliphatic carbocycles. The number of ether oxygens (including phenoxy) is 1. The number of hydrogen-bond acceptors (Lipinski definition) is 5. The highest BCUT2D eigenvalue weighted by molar-refractivity contribution is 6.31. The first kappa shape index (κ1) is 22.5. The van der Waals surface area contributed by atoms with Crippen LogP contribution in [0.25, 0.3) is 16.5 Å². The van der Waals surface area contributed by atoms with Crippen molar-refractivity contribution in [2.24, 2.45) is 4.99 Å². The Morgan fingerprint density at radius 2 is 1.56 bits per heavy atom. The van der Waals surface area contributed by atoms with Crippen LogP contribution in [0.4, 0.5) is 11.4 Å². The molecule has 0 unspecified atom stereocenters. The lowest BCUT2D eigenvalue weighted by Crippen LogP contribution is -2.37. The van der Waals surface area contributed by atoms with Crippen LogP contribution in [0.2, 0.25) is 10.0 Å². The van der Waals surface area contributed by atoms with E-state index in [0.717, 1.165) is 5.69 Å². The number of morpholine rings is 1. The highest BCUT2D eigenvalue weighted by atomic mass is 35.5. The van der Waals surface area contributed by atoms with Gasteiger partial charge < -0.3 is 14.7 Å². The molecule has 1 N–H and O–H groups in total. The van der Waals surface area contributed by atoms with Crippen molar-refractivity contribution >= 4 is 51.6 Å². The van der Waals surface area contributed by atoms with Crippen LogP contribution in [0, 0.1) is 0 Å². The molecule has 34 heavy (non-hydrogen) atoms. The fourth-order valence-corrected chi connectivity index (χ4v) is 4.42. The summed E-state index contributed by atoms with van der Waals surface area (Å²) in [6.45, 7) is 2.50. The van der Waals surface area contributed by atoms with E-state index in [1.54, 1.807) is 60.8 Å². The minimum absolute atomic E-state index is 0.210. The van der Waals surface area contributed by atoms with Crippen LogP contribution in [-0.4, -0.2) is 42.2 Å². The van der Waals surface area contributed by atoms with Crippen LogP contribution < -0.4 is 10.5 Å². The monoisotopic (exact) mass is 493 g/mol. The molecule has 172 valence electrons. The standard InChI is InChI=1S/C26H21Cl2N3O3/c27-17-5-8-19(9-6-17)29-16-22-20-3-1-2-4-21(20)25(32)31(26(22)33)24-15-18(28)7-10-23(24)30-11-13-34-14-12-30/h1-10,15-16,33H,11-14H2. The first-order chi connectivity index (χ1) is 16.5. The molecule has 1 aliphatic rings. The molecule has 0 bridgehead atoms. The molecule has 0 spiro atoms. The predicted molar refractivity (Wildman–Crippen MR) is 138 cm³/mol. The molecule has 6 nitrogen and oxygen atoms in total. The maximum atomic E-state index is 13.6. The van der Waals surface area contributed by atoms with E-state index in [1.807, 2.05) is 12.1 Å². The average Bonchev–Trinajstić information content (AvgIpc) is 2.86. The zero-order valence-electron chi connectivity index (χ0n) is 18.1. The van der Waals surface area contributed by atoms with Crippen molar-refractivity contribution in [3.8, 4) is 11.6 Å². The third-order valence-electron chi connectivity index (χ3n) is 5.80. The topological polar surface area (TPSA) is 67.1 Å². The Hall–Kier alpha value is -3.32. The quantitative estimate of drug-likeness (QED) is 0.376. The summed E-state index contributed by atoms with van der Waals surface area (Å²) >= 11 is 12.3. The summed E-state index contributed by atoms with van der Waals surface area (Å²) < 4.78 is 6.79. The first-order valence-corrected chi connectivity index (χ1v) is 11.6. The third kappa shape index (κ3) is 4.28. The smallest absolute Gasteiger partial charge is 0.265 e. The van der Waals surface area contributed by atoms with E-state index < -0.39 is 0 Å². The molecule has 1 fully saturated rings. The van der Waals surface area contributed by atoms with Crippen molar-refractivity contribution in [3.63, 3.8) is 0 Å². The van der Waals surface area contributed by atoms with Crippen LogP contribution in [0.15, 0.2) is 76.5 Å². The number of nitrogens with zero attached hydrogens (tertiary/aromatic N) is 3. The van der Waals surface area contributed by atoms with Gasteiger partial charge in [0.1, 0.15) is 0 Å². The molecule has 0 saturated carbocycles. The fourth-order valence-electron chi connectivity index (χ4n) is 4.13. The molecule has 1 aromatic heterocycles. The van der Waals surface area contributed by atoms with E-state index in [0.29, 0.717) is 64.1 Å². The number of aliphatic imine (C=N–C) groups is 1. The van der Waals surface area contributed by atoms with Crippen molar-refractivity contribution in [3.05, 3.63) is 92.7 Å². The van der Waals surface area contributed by atoms with E-state index >= 15 is 0 Å². The second-order valence-electron chi connectivity index (χ2n) is 7.89. The van der Waals surface area contributed by atoms with Gasteiger partial charge in [0.05, 0.1) is 35.8 Å². The second-order valence-corrected chi connectivity index (χ2v) is 8.76. The Balaban J connectivity index is 1.74. The van der Waals surface area contributed by atoms with E-state index in [1.165, 1.54) is 4.57 Å². The zero-order valence-corrected chi connectivity index (χ0v) is 19.6. The molecule has 1 saturated heterocycles. The lowest BCUT2D eigenvalue weighted by Gasteiger charge is -2.31. The van der Waals surface area contributed by atoms with Crippen LogP contribution >= 0.6 is 23.2 Å². The maximum absolute atomic E-state index is 13.6. The van der Waals surface area contributed by atoms with Gasteiger partial charge in [-0.15, -0.1) is 0 Å². The zero-order chi connectivity index (χ0) is 23.7. The van der Waals surface area contributed by atoms with Gasteiger partial charge in [0.2, 0.25) is 5.88 Å². The Kier molecular flexibility index (Phi) is 6.28. The van der Waals surface area contributed by atoms with Gasteiger partial charge in [-0.25, -0.2) is 4.57 Å². The van der Waals surface area contributed by atoms with Crippen molar-refractivity contribution in [1.82, 2.24) is 4.57 Å². The van der Waals surface area contributed by atoms with Gasteiger partial charge >= 0.3 is 0 Å². The van der Waals surface area contributed by atoms with Crippen LogP contribution in [0.3, 0.4) is 0 Å². The number of benzene rings is 3. The van der Waals surface area contributed by atoms with Gasteiger partial charge in [-0.2, -0.15) is 0 Å². The SMILES string of the molecule is O=c1c2ccccc2c(C=Nc2ccc(Cl)cc2)c(O)n1-c1cc(Cl)ccc1N1CCOCC1. The van der Waals surface area contributed by atoms with Crippen molar-refractivity contribution < 1.29 is 9.84 Å². The van der Waals surface area contributed by atoms with E-state index in [-0.39, 0.29) is 11.4 Å². The summed E-state index contributed by atoms with van der Waals surface area (Å²) in [5, 5.41) is 13.6. The van der Waals surface area contributed by atoms with Gasteiger partial charge in [0.15, 0.2) is 0 Å². The summed E-state index contributed by atoms with van der Waals surface area (Å²) in [6, 6.07) is 19.5. The summed E-state index contributed by atoms with van der Waals surface area (Å²) in [5.41, 5.74) is 2.05. The molecule has 0 radical (unpaired) electrons. The Labute approximate surface area is 206 Å². The van der Waals surface area contributed by atoms with E-state index in [4.69, 9.17) is 27.9 Å². The van der Waals surface area contributed by atoms with Crippen molar-refractivity contribution in [2.75, 3.05) is 31.2 Å². The van der Waals surface area contributed by atoms with Crippen LogP contribution in [0.1, 0.15) is 5.56 Å². The van der Waals surface area contributed by atoms with E-state index in [2.05, 4.69) is 9.89 Å². The number of fused-ring (bicyclic) bond motifs is 1. The largest absolute Gasteiger partial charge is 0.494 e. The highest BCUT2D eigenvalue weighted by Gasteiger charge is 2.22. The molecule has 8 heteroatoms. The van der Waals surface area contributed by atoms with Gasteiger partial charge in [0, 0.05) is 40.1 Å². The third-order valence-corrected chi connectivity index (χ3v) is 6.29. The lowest BCUT2D eigenvalue weighted by atomic mass is 10.1. The summed E-state index contributed by atoms with van der Waals surface area (Å²) in [5.74, 6) is -0.210. The number of pyridine rings is 1. The molecular formula is C26H21Cl2N3O3. The van der Waals surface area contributed by atoms with Crippen LogP contribution in [0.5, 0.6) is 5.88 Å². The number of aromatic nitrogens is 1. The number of anilines is 1. The van der Waals surface area contributed by atoms with Gasteiger partial charge in [-0.05, 0) is 48.5 Å².